The monoisotopic (exact) mass is 251 g/mol. The molecule has 0 spiro atoms. The van der Waals surface area contributed by atoms with Crippen molar-refractivity contribution < 1.29 is 13.2 Å². The molecule has 0 aromatic rings. The minimum atomic E-state index is -4.01. The van der Waals surface area contributed by atoms with Gasteiger partial charge in [-0.05, 0) is 44.1 Å². The molecule has 4 heteroatoms. The summed E-state index contributed by atoms with van der Waals surface area (Å²) >= 11 is 0. The quantitative estimate of drug-likeness (QED) is 0.774. The average molecular weight is 251 g/mol. The van der Waals surface area contributed by atoms with Crippen LogP contribution in [0.4, 0.5) is 13.2 Å². The first-order chi connectivity index (χ1) is 7.76. The first-order valence-corrected chi connectivity index (χ1v) is 6.50. The van der Waals surface area contributed by atoms with E-state index in [0.29, 0.717) is 12.3 Å². The van der Waals surface area contributed by atoms with Gasteiger partial charge in [0, 0.05) is 12.5 Å². The molecule has 1 aliphatic rings. The molecule has 0 heterocycles. The summed E-state index contributed by atoms with van der Waals surface area (Å²) in [5, 5.41) is 3.22. The predicted molar refractivity (Wildman–Crippen MR) is 63.9 cm³/mol. The Morgan fingerprint density at radius 1 is 1.35 bits per heavy atom. The van der Waals surface area contributed by atoms with Crippen LogP contribution in [0.5, 0.6) is 0 Å². The molecule has 1 saturated carbocycles. The van der Waals surface area contributed by atoms with E-state index in [1.165, 1.54) is 12.8 Å². The van der Waals surface area contributed by atoms with E-state index in [2.05, 4.69) is 19.2 Å². The summed E-state index contributed by atoms with van der Waals surface area (Å²) in [6.45, 7) is 4.47. The van der Waals surface area contributed by atoms with Crippen LogP contribution in [0.1, 0.15) is 52.4 Å². The van der Waals surface area contributed by atoms with Gasteiger partial charge in [0.2, 0.25) is 0 Å². The summed E-state index contributed by atoms with van der Waals surface area (Å²) in [7, 11) is 1.87. The molecule has 102 valence electrons. The van der Waals surface area contributed by atoms with Crippen LogP contribution in [0.15, 0.2) is 0 Å². The van der Waals surface area contributed by atoms with Crippen LogP contribution in [0.2, 0.25) is 0 Å². The van der Waals surface area contributed by atoms with Crippen molar-refractivity contribution in [1.82, 2.24) is 5.32 Å². The van der Waals surface area contributed by atoms with Gasteiger partial charge in [-0.3, -0.25) is 0 Å². The Hall–Kier alpha value is -0.250. The minimum absolute atomic E-state index is 0.231. The van der Waals surface area contributed by atoms with Gasteiger partial charge in [-0.25, -0.2) is 0 Å². The average Bonchev–Trinajstić information content (AvgIpc) is 2.51. The van der Waals surface area contributed by atoms with E-state index in [9.17, 15) is 13.2 Å². The van der Waals surface area contributed by atoms with Crippen LogP contribution >= 0.6 is 0 Å². The zero-order valence-corrected chi connectivity index (χ0v) is 11.0. The Bertz CT molecular complexity index is 235. The second-order valence-electron chi connectivity index (χ2n) is 5.89. The Balaban J connectivity index is 2.43. The summed E-state index contributed by atoms with van der Waals surface area (Å²) in [5.74, 6) is 0.515. The van der Waals surface area contributed by atoms with Crippen molar-refractivity contribution in [3.8, 4) is 0 Å². The third-order valence-corrected chi connectivity index (χ3v) is 4.17. The summed E-state index contributed by atoms with van der Waals surface area (Å²) in [4.78, 5) is 0. The molecule has 0 aliphatic heterocycles. The second kappa shape index (κ2) is 5.59. The standard InChI is InChI=1S/C13H24F3N/c1-12(2)8-4-6-10(12)11(17-3)7-5-9-13(14,15)16/h10-11,17H,4-9H2,1-3H3. The molecule has 1 fully saturated rings. The molecule has 0 saturated heterocycles. The Labute approximate surface area is 102 Å². The van der Waals surface area contributed by atoms with Crippen LogP contribution in [0.25, 0.3) is 0 Å². The lowest BCUT2D eigenvalue weighted by molar-refractivity contribution is -0.136. The topological polar surface area (TPSA) is 12.0 Å². The van der Waals surface area contributed by atoms with Gasteiger partial charge < -0.3 is 5.32 Å². The van der Waals surface area contributed by atoms with Crippen LogP contribution in [0, 0.1) is 11.3 Å². The molecule has 1 aliphatic carbocycles. The third kappa shape index (κ3) is 4.49. The van der Waals surface area contributed by atoms with Crippen LogP contribution < -0.4 is 5.32 Å². The van der Waals surface area contributed by atoms with Gasteiger partial charge in [-0.2, -0.15) is 13.2 Å². The highest BCUT2D eigenvalue weighted by atomic mass is 19.4. The van der Waals surface area contributed by atoms with Crippen molar-refractivity contribution in [2.45, 2.75) is 64.6 Å². The highest BCUT2D eigenvalue weighted by Crippen LogP contribution is 2.45. The first kappa shape index (κ1) is 14.8. The fourth-order valence-corrected chi connectivity index (χ4v) is 3.17. The molecule has 17 heavy (non-hydrogen) atoms. The summed E-state index contributed by atoms with van der Waals surface area (Å²) in [6.07, 6.45) is -0.262. The maximum absolute atomic E-state index is 12.1. The Morgan fingerprint density at radius 2 is 2.00 bits per heavy atom. The number of halogens is 3. The molecular weight excluding hydrogens is 227 g/mol. The van der Waals surface area contributed by atoms with Gasteiger partial charge >= 0.3 is 6.18 Å². The summed E-state index contributed by atoms with van der Waals surface area (Å²) in [6, 6.07) is 0.231. The van der Waals surface area contributed by atoms with Crippen molar-refractivity contribution in [3.63, 3.8) is 0 Å². The number of rotatable bonds is 5. The minimum Gasteiger partial charge on any atom is -0.317 e. The number of nitrogens with one attached hydrogen (secondary N) is 1. The number of hydrogen-bond donors (Lipinski definition) is 1. The van der Waals surface area contributed by atoms with Crippen molar-refractivity contribution in [2.75, 3.05) is 7.05 Å². The van der Waals surface area contributed by atoms with E-state index in [1.807, 2.05) is 7.05 Å². The molecular formula is C13H24F3N. The van der Waals surface area contributed by atoms with Gasteiger partial charge in [0.25, 0.3) is 0 Å². The predicted octanol–water partition coefficient (Wildman–Crippen LogP) is 4.13. The fourth-order valence-electron chi connectivity index (χ4n) is 3.17. The van der Waals surface area contributed by atoms with Crippen LogP contribution in [-0.4, -0.2) is 19.3 Å². The molecule has 0 radical (unpaired) electrons. The third-order valence-electron chi connectivity index (χ3n) is 4.17. The molecule has 2 unspecified atom stereocenters. The molecule has 1 rings (SSSR count). The molecule has 0 aromatic heterocycles. The molecule has 0 amide bonds. The van der Waals surface area contributed by atoms with Gasteiger partial charge in [0.1, 0.15) is 0 Å². The van der Waals surface area contributed by atoms with Crippen molar-refractivity contribution >= 4 is 0 Å². The van der Waals surface area contributed by atoms with Gasteiger partial charge in [0.05, 0.1) is 0 Å². The lowest BCUT2D eigenvalue weighted by Gasteiger charge is -2.34. The second-order valence-corrected chi connectivity index (χ2v) is 5.89. The van der Waals surface area contributed by atoms with Gasteiger partial charge in [0.15, 0.2) is 0 Å². The summed E-state index contributed by atoms with van der Waals surface area (Å²) in [5.41, 5.74) is 0.270. The largest absolute Gasteiger partial charge is 0.389 e. The van der Waals surface area contributed by atoms with E-state index in [4.69, 9.17) is 0 Å². The van der Waals surface area contributed by atoms with Crippen molar-refractivity contribution in [3.05, 3.63) is 0 Å². The first-order valence-electron chi connectivity index (χ1n) is 6.50. The number of alkyl halides is 3. The smallest absolute Gasteiger partial charge is 0.317 e. The van der Waals surface area contributed by atoms with E-state index >= 15 is 0 Å². The SMILES string of the molecule is CNC(CCCC(F)(F)F)C1CCCC1(C)C. The lowest BCUT2D eigenvalue weighted by atomic mass is 9.76. The van der Waals surface area contributed by atoms with Gasteiger partial charge in [-0.1, -0.05) is 20.3 Å². The molecule has 0 bridgehead atoms. The molecule has 2 atom stereocenters. The lowest BCUT2D eigenvalue weighted by Crippen LogP contribution is -2.39. The summed E-state index contributed by atoms with van der Waals surface area (Å²) < 4.78 is 36.4. The molecule has 1 N–H and O–H groups in total. The fraction of sp³-hybridized carbons (Fsp3) is 1.00. The van der Waals surface area contributed by atoms with E-state index in [0.717, 1.165) is 6.42 Å². The molecule has 1 nitrogen and oxygen atoms in total. The molecule has 0 aromatic carbocycles. The van der Waals surface area contributed by atoms with E-state index in [1.54, 1.807) is 0 Å². The maximum Gasteiger partial charge on any atom is 0.389 e. The Morgan fingerprint density at radius 3 is 2.41 bits per heavy atom. The maximum atomic E-state index is 12.1. The highest BCUT2D eigenvalue weighted by molar-refractivity contribution is 4.91. The van der Waals surface area contributed by atoms with Crippen LogP contribution in [-0.2, 0) is 0 Å². The highest BCUT2D eigenvalue weighted by Gasteiger charge is 2.39. The van der Waals surface area contributed by atoms with Crippen molar-refractivity contribution in [1.29, 1.82) is 0 Å². The van der Waals surface area contributed by atoms with E-state index in [-0.39, 0.29) is 17.9 Å². The Kier molecular flexibility index (Phi) is 4.87. The normalized spacial score (nSPS) is 26.1. The van der Waals surface area contributed by atoms with Crippen molar-refractivity contribution in [2.24, 2.45) is 11.3 Å². The zero-order chi connectivity index (χ0) is 13.1. The zero-order valence-electron chi connectivity index (χ0n) is 11.0. The van der Waals surface area contributed by atoms with Gasteiger partial charge in [-0.15, -0.1) is 0 Å². The van der Waals surface area contributed by atoms with Crippen LogP contribution in [0.3, 0.4) is 0 Å². The number of hydrogen-bond acceptors (Lipinski definition) is 1. The van der Waals surface area contributed by atoms with E-state index < -0.39 is 12.6 Å².